The zero-order valence-electron chi connectivity index (χ0n) is 8.56. The molecule has 1 aromatic rings. The van der Waals surface area contributed by atoms with Crippen molar-refractivity contribution in [3.8, 4) is 0 Å². The molecule has 1 fully saturated rings. The molecule has 1 aliphatic rings. The minimum Gasteiger partial charge on any atom is -0.376 e. The van der Waals surface area contributed by atoms with E-state index in [4.69, 9.17) is 9.47 Å². The van der Waals surface area contributed by atoms with Crippen LogP contribution in [0.4, 0.5) is 0 Å². The molecule has 2 rings (SSSR count). The Morgan fingerprint density at radius 1 is 1.40 bits per heavy atom. The molecule has 0 spiro atoms. The van der Waals surface area contributed by atoms with E-state index in [1.807, 2.05) is 0 Å². The molecule has 1 aromatic heterocycles. The van der Waals surface area contributed by atoms with Crippen molar-refractivity contribution in [3.63, 3.8) is 0 Å². The van der Waals surface area contributed by atoms with Crippen LogP contribution in [0.2, 0.25) is 0 Å². The first-order valence-electron chi connectivity index (χ1n) is 5.10. The quantitative estimate of drug-likeness (QED) is 0.755. The number of nitrogens with zero attached hydrogens (tertiary/aromatic N) is 2. The number of hydrogen-bond donors (Lipinski definition) is 1. The molecule has 0 amide bonds. The molecule has 0 saturated carbocycles. The zero-order valence-corrected chi connectivity index (χ0v) is 8.56. The van der Waals surface area contributed by atoms with Gasteiger partial charge in [-0.2, -0.15) is 0 Å². The minimum atomic E-state index is 0.162. The maximum Gasteiger partial charge on any atom is 0.0933 e. The maximum atomic E-state index is 5.49. The maximum absolute atomic E-state index is 5.49. The Kier molecular flexibility index (Phi) is 4.01. The van der Waals surface area contributed by atoms with E-state index in [2.05, 4.69) is 15.3 Å². The van der Waals surface area contributed by atoms with Crippen molar-refractivity contribution in [3.05, 3.63) is 24.3 Å². The first-order chi connectivity index (χ1) is 7.45. The number of nitrogens with one attached hydrogen (secondary N) is 1. The van der Waals surface area contributed by atoms with E-state index < -0.39 is 0 Å². The van der Waals surface area contributed by atoms with Crippen molar-refractivity contribution in [1.82, 2.24) is 15.3 Å². The molecule has 82 valence electrons. The Labute approximate surface area is 88.8 Å². The van der Waals surface area contributed by atoms with Crippen LogP contribution in [-0.4, -0.2) is 42.4 Å². The third kappa shape index (κ3) is 3.54. The van der Waals surface area contributed by atoms with Gasteiger partial charge in [-0.3, -0.25) is 9.97 Å². The molecule has 0 radical (unpaired) electrons. The van der Waals surface area contributed by atoms with Crippen LogP contribution < -0.4 is 5.32 Å². The van der Waals surface area contributed by atoms with Gasteiger partial charge in [-0.15, -0.1) is 0 Å². The van der Waals surface area contributed by atoms with E-state index in [9.17, 15) is 0 Å². The normalized spacial score (nSPS) is 21.5. The zero-order chi connectivity index (χ0) is 10.3. The third-order valence-electron chi connectivity index (χ3n) is 2.18. The molecule has 1 aliphatic heterocycles. The average Bonchev–Trinajstić information content (AvgIpc) is 2.32. The topological polar surface area (TPSA) is 56.3 Å². The summed E-state index contributed by atoms with van der Waals surface area (Å²) < 4.78 is 10.8. The van der Waals surface area contributed by atoms with Gasteiger partial charge in [0.1, 0.15) is 0 Å². The molecular weight excluding hydrogens is 194 g/mol. The van der Waals surface area contributed by atoms with Gasteiger partial charge in [0.05, 0.1) is 31.6 Å². The number of aromatic nitrogens is 2. The van der Waals surface area contributed by atoms with Crippen LogP contribution in [0.5, 0.6) is 0 Å². The SMILES string of the molecule is c1cnc(CNCC2COCCO2)cn1. The number of hydrogen-bond acceptors (Lipinski definition) is 5. The van der Waals surface area contributed by atoms with Gasteiger partial charge in [0.2, 0.25) is 0 Å². The second kappa shape index (κ2) is 5.75. The standard InChI is InChI=1S/C10H15N3O2/c1-2-13-9(5-11-1)6-12-7-10-8-14-3-4-15-10/h1-2,5,10,12H,3-4,6-8H2. The van der Waals surface area contributed by atoms with Crippen molar-refractivity contribution in [2.45, 2.75) is 12.6 Å². The van der Waals surface area contributed by atoms with Crippen molar-refractivity contribution in [2.75, 3.05) is 26.4 Å². The Bertz CT molecular complexity index is 275. The highest BCUT2D eigenvalue weighted by Crippen LogP contribution is 1.99. The van der Waals surface area contributed by atoms with Crippen molar-refractivity contribution < 1.29 is 9.47 Å². The van der Waals surface area contributed by atoms with Crippen LogP contribution in [0.25, 0.3) is 0 Å². The lowest BCUT2D eigenvalue weighted by Crippen LogP contribution is -2.37. The van der Waals surface area contributed by atoms with E-state index in [0.29, 0.717) is 26.4 Å². The first kappa shape index (κ1) is 10.5. The predicted octanol–water partition coefficient (Wildman–Crippen LogP) is -0.0184. The van der Waals surface area contributed by atoms with Crippen molar-refractivity contribution in [1.29, 1.82) is 0 Å². The van der Waals surface area contributed by atoms with Crippen LogP contribution in [0.3, 0.4) is 0 Å². The summed E-state index contributed by atoms with van der Waals surface area (Å²) in [7, 11) is 0. The van der Waals surface area contributed by atoms with Crippen LogP contribution >= 0.6 is 0 Å². The molecule has 0 aromatic carbocycles. The molecule has 0 aliphatic carbocycles. The minimum absolute atomic E-state index is 0.162. The summed E-state index contributed by atoms with van der Waals surface area (Å²) in [6, 6.07) is 0. The van der Waals surface area contributed by atoms with Gasteiger partial charge in [0.25, 0.3) is 0 Å². The van der Waals surface area contributed by atoms with Gasteiger partial charge in [-0.1, -0.05) is 0 Å². The molecule has 1 atom stereocenters. The molecule has 2 heterocycles. The predicted molar refractivity (Wildman–Crippen MR) is 54.3 cm³/mol. The van der Waals surface area contributed by atoms with E-state index in [0.717, 1.165) is 12.2 Å². The molecule has 1 unspecified atom stereocenters. The lowest BCUT2D eigenvalue weighted by molar-refractivity contribution is -0.0864. The van der Waals surface area contributed by atoms with Gasteiger partial charge in [0.15, 0.2) is 0 Å². The van der Waals surface area contributed by atoms with Gasteiger partial charge in [-0.05, 0) is 0 Å². The largest absolute Gasteiger partial charge is 0.376 e. The van der Waals surface area contributed by atoms with E-state index >= 15 is 0 Å². The van der Waals surface area contributed by atoms with Crippen LogP contribution in [0.15, 0.2) is 18.6 Å². The lowest BCUT2D eigenvalue weighted by Gasteiger charge is -2.23. The fourth-order valence-electron chi connectivity index (χ4n) is 1.44. The summed E-state index contributed by atoms with van der Waals surface area (Å²) in [5.74, 6) is 0. The Morgan fingerprint density at radius 2 is 2.40 bits per heavy atom. The molecule has 5 nitrogen and oxygen atoms in total. The molecular formula is C10H15N3O2. The van der Waals surface area contributed by atoms with Crippen molar-refractivity contribution >= 4 is 0 Å². The summed E-state index contributed by atoms with van der Waals surface area (Å²) in [5, 5.41) is 3.26. The smallest absolute Gasteiger partial charge is 0.0933 e. The number of rotatable bonds is 4. The summed E-state index contributed by atoms with van der Waals surface area (Å²) in [4.78, 5) is 8.16. The second-order valence-electron chi connectivity index (χ2n) is 3.40. The van der Waals surface area contributed by atoms with E-state index in [1.54, 1.807) is 18.6 Å². The second-order valence-corrected chi connectivity index (χ2v) is 3.40. The Hall–Kier alpha value is -1.04. The van der Waals surface area contributed by atoms with Crippen molar-refractivity contribution in [2.24, 2.45) is 0 Å². The Balaban J connectivity index is 1.66. The van der Waals surface area contributed by atoms with Gasteiger partial charge < -0.3 is 14.8 Å². The summed E-state index contributed by atoms with van der Waals surface area (Å²) in [6.07, 6.45) is 5.28. The average molecular weight is 209 g/mol. The van der Waals surface area contributed by atoms with Crippen LogP contribution in [-0.2, 0) is 16.0 Å². The fourth-order valence-corrected chi connectivity index (χ4v) is 1.44. The molecule has 1 N–H and O–H groups in total. The monoisotopic (exact) mass is 209 g/mol. The summed E-state index contributed by atoms with van der Waals surface area (Å²) >= 11 is 0. The van der Waals surface area contributed by atoms with Crippen LogP contribution in [0, 0.1) is 0 Å². The van der Waals surface area contributed by atoms with E-state index in [1.165, 1.54) is 0 Å². The Morgan fingerprint density at radius 3 is 3.13 bits per heavy atom. The van der Waals surface area contributed by atoms with Gasteiger partial charge in [0, 0.05) is 31.7 Å². The molecule has 0 bridgehead atoms. The summed E-state index contributed by atoms with van der Waals surface area (Å²) in [5.41, 5.74) is 0.939. The highest BCUT2D eigenvalue weighted by Gasteiger charge is 2.13. The third-order valence-corrected chi connectivity index (χ3v) is 2.18. The summed E-state index contributed by atoms with van der Waals surface area (Å²) in [6.45, 7) is 3.58. The van der Waals surface area contributed by atoms with Gasteiger partial charge in [-0.25, -0.2) is 0 Å². The lowest BCUT2D eigenvalue weighted by atomic mass is 10.3. The van der Waals surface area contributed by atoms with Crippen LogP contribution in [0.1, 0.15) is 5.69 Å². The molecule has 1 saturated heterocycles. The van der Waals surface area contributed by atoms with Gasteiger partial charge >= 0.3 is 0 Å². The first-order valence-corrected chi connectivity index (χ1v) is 5.10. The highest BCUT2D eigenvalue weighted by atomic mass is 16.6. The number of ether oxygens (including phenoxy) is 2. The van der Waals surface area contributed by atoms with E-state index in [-0.39, 0.29) is 6.10 Å². The molecule has 15 heavy (non-hydrogen) atoms. The molecule has 5 heteroatoms. The fraction of sp³-hybridized carbons (Fsp3) is 0.600. The highest BCUT2D eigenvalue weighted by molar-refractivity contribution is 4.93.